The van der Waals surface area contributed by atoms with Gasteiger partial charge in [-0.2, -0.15) is 0 Å². The zero-order valence-electron chi connectivity index (χ0n) is 10.6. The summed E-state index contributed by atoms with van der Waals surface area (Å²) < 4.78 is 12.7. The molecule has 0 aliphatic carbocycles. The largest absolute Gasteiger partial charge is 0.352 e. The molecule has 2 aromatic carbocycles. The van der Waals surface area contributed by atoms with Crippen molar-refractivity contribution in [1.82, 2.24) is 5.32 Å². The Kier molecular flexibility index (Phi) is 5.04. The average molecular weight is 310 g/mol. The quantitative estimate of drug-likeness (QED) is 0.828. The summed E-state index contributed by atoms with van der Waals surface area (Å²) in [5.41, 5.74) is 1.36. The summed E-state index contributed by atoms with van der Waals surface area (Å²) >= 11 is 10.1. The van der Waals surface area contributed by atoms with Crippen LogP contribution in [0.25, 0.3) is 0 Å². The van der Waals surface area contributed by atoms with Crippen molar-refractivity contribution < 1.29 is 9.18 Å². The highest BCUT2D eigenvalue weighted by atomic mass is 35.5. The van der Waals surface area contributed by atoms with Crippen LogP contribution in [-0.4, -0.2) is 12.5 Å². The van der Waals surface area contributed by atoms with Gasteiger partial charge in [-0.1, -0.05) is 23.7 Å². The van der Waals surface area contributed by atoms with E-state index >= 15 is 0 Å². The molecule has 104 valence electrons. The fraction of sp³-hybridized carbons (Fsp3) is 0.133. The van der Waals surface area contributed by atoms with E-state index in [0.717, 1.165) is 5.56 Å². The zero-order valence-corrected chi connectivity index (χ0v) is 12.2. The van der Waals surface area contributed by atoms with Crippen molar-refractivity contribution in [3.63, 3.8) is 0 Å². The van der Waals surface area contributed by atoms with E-state index in [9.17, 15) is 9.18 Å². The standard InChI is InChI=1S/C15H13ClFNOS/c16-14-6-5-12(20)9-13(14)15(19)18-8-7-10-1-3-11(17)4-2-10/h1-6,9,20H,7-8H2,(H,18,19). The number of rotatable bonds is 4. The number of thiol groups is 1. The Morgan fingerprint density at radius 3 is 2.60 bits per heavy atom. The summed E-state index contributed by atoms with van der Waals surface area (Å²) in [4.78, 5) is 12.7. The molecule has 20 heavy (non-hydrogen) atoms. The van der Waals surface area contributed by atoms with Crippen molar-refractivity contribution in [2.45, 2.75) is 11.3 Å². The minimum atomic E-state index is -0.268. The number of nitrogens with one attached hydrogen (secondary N) is 1. The molecule has 0 spiro atoms. The van der Waals surface area contributed by atoms with Gasteiger partial charge in [0.05, 0.1) is 10.6 Å². The first-order chi connectivity index (χ1) is 9.56. The predicted molar refractivity (Wildman–Crippen MR) is 81.1 cm³/mol. The second-order valence-electron chi connectivity index (χ2n) is 4.30. The monoisotopic (exact) mass is 309 g/mol. The number of carbonyl (C=O) groups excluding carboxylic acids is 1. The molecule has 1 amide bonds. The lowest BCUT2D eigenvalue weighted by Crippen LogP contribution is -2.26. The lowest BCUT2D eigenvalue weighted by molar-refractivity contribution is 0.0954. The van der Waals surface area contributed by atoms with Gasteiger partial charge in [0.2, 0.25) is 0 Å². The highest BCUT2D eigenvalue weighted by molar-refractivity contribution is 7.80. The molecule has 0 aromatic heterocycles. The molecule has 0 saturated heterocycles. The van der Waals surface area contributed by atoms with Gasteiger partial charge < -0.3 is 5.32 Å². The molecule has 0 unspecified atom stereocenters. The predicted octanol–water partition coefficient (Wildman–Crippen LogP) is 3.74. The van der Waals surface area contributed by atoms with Crippen molar-refractivity contribution in [2.24, 2.45) is 0 Å². The number of carbonyl (C=O) groups is 1. The fourth-order valence-electron chi connectivity index (χ4n) is 1.75. The summed E-state index contributed by atoms with van der Waals surface area (Å²) in [5, 5.41) is 3.17. The highest BCUT2D eigenvalue weighted by Crippen LogP contribution is 2.19. The molecule has 0 fully saturated rings. The molecule has 0 bridgehead atoms. The maximum Gasteiger partial charge on any atom is 0.252 e. The normalized spacial score (nSPS) is 10.3. The van der Waals surface area contributed by atoms with Crippen LogP contribution in [0.5, 0.6) is 0 Å². The van der Waals surface area contributed by atoms with Crippen LogP contribution < -0.4 is 5.32 Å². The zero-order chi connectivity index (χ0) is 14.5. The molecule has 0 atom stereocenters. The highest BCUT2D eigenvalue weighted by Gasteiger charge is 2.10. The van der Waals surface area contributed by atoms with Gasteiger partial charge in [-0.05, 0) is 42.3 Å². The molecule has 1 N–H and O–H groups in total. The first-order valence-electron chi connectivity index (χ1n) is 6.07. The number of halogens is 2. The van der Waals surface area contributed by atoms with Gasteiger partial charge in [-0.25, -0.2) is 4.39 Å². The molecule has 0 aliphatic rings. The van der Waals surface area contributed by atoms with Crippen LogP contribution >= 0.6 is 24.2 Å². The number of amides is 1. The van der Waals surface area contributed by atoms with Gasteiger partial charge >= 0.3 is 0 Å². The first-order valence-corrected chi connectivity index (χ1v) is 6.90. The molecular weight excluding hydrogens is 297 g/mol. The Bertz CT molecular complexity index is 616. The second-order valence-corrected chi connectivity index (χ2v) is 5.22. The summed E-state index contributed by atoms with van der Waals surface area (Å²) in [5.74, 6) is -0.511. The van der Waals surface area contributed by atoms with Crippen LogP contribution in [0.3, 0.4) is 0 Å². The first kappa shape index (κ1) is 14.9. The van der Waals surface area contributed by atoms with Crippen LogP contribution in [0.1, 0.15) is 15.9 Å². The topological polar surface area (TPSA) is 29.1 Å². The third-order valence-electron chi connectivity index (χ3n) is 2.81. The van der Waals surface area contributed by atoms with E-state index in [0.29, 0.717) is 28.4 Å². The van der Waals surface area contributed by atoms with Gasteiger partial charge in [0.25, 0.3) is 5.91 Å². The van der Waals surface area contributed by atoms with E-state index < -0.39 is 0 Å². The summed E-state index contributed by atoms with van der Waals surface area (Å²) in [6, 6.07) is 11.2. The van der Waals surface area contributed by atoms with Crippen LogP contribution in [0.2, 0.25) is 5.02 Å². The molecular formula is C15H13ClFNOS. The van der Waals surface area contributed by atoms with Gasteiger partial charge in [0.15, 0.2) is 0 Å². The Morgan fingerprint density at radius 2 is 1.90 bits per heavy atom. The summed E-state index contributed by atoms with van der Waals surface area (Å²) in [7, 11) is 0. The smallest absolute Gasteiger partial charge is 0.252 e. The molecule has 2 nitrogen and oxygen atoms in total. The van der Waals surface area contributed by atoms with Gasteiger partial charge in [-0.15, -0.1) is 12.6 Å². The fourth-order valence-corrected chi connectivity index (χ4v) is 2.16. The van der Waals surface area contributed by atoms with Crippen LogP contribution in [0, 0.1) is 5.82 Å². The van der Waals surface area contributed by atoms with E-state index in [1.807, 2.05) is 0 Å². The van der Waals surface area contributed by atoms with E-state index in [-0.39, 0.29) is 11.7 Å². The maximum atomic E-state index is 12.7. The maximum absolute atomic E-state index is 12.7. The molecule has 0 radical (unpaired) electrons. The Balaban J connectivity index is 1.92. The lowest BCUT2D eigenvalue weighted by Gasteiger charge is -2.07. The van der Waals surface area contributed by atoms with Gasteiger partial charge in [0, 0.05) is 11.4 Å². The Morgan fingerprint density at radius 1 is 1.20 bits per heavy atom. The third-order valence-corrected chi connectivity index (χ3v) is 3.41. The van der Waals surface area contributed by atoms with E-state index in [2.05, 4.69) is 17.9 Å². The molecule has 0 heterocycles. The van der Waals surface area contributed by atoms with E-state index in [1.54, 1.807) is 30.3 Å². The average Bonchev–Trinajstić information content (AvgIpc) is 2.43. The molecule has 0 saturated carbocycles. The Hall–Kier alpha value is -1.52. The van der Waals surface area contributed by atoms with Crippen molar-refractivity contribution in [1.29, 1.82) is 0 Å². The van der Waals surface area contributed by atoms with Crippen molar-refractivity contribution in [2.75, 3.05) is 6.54 Å². The minimum absolute atomic E-state index is 0.243. The number of benzene rings is 2. The summed E-state index contributed by atoms with van der Waals surface area (Å²) in [6.07, 6.45) is 0.629. The van der Waals surface area contributed by atoms with Gasteiger partial charge in [-0.3, -0.25) is 4.79 Å². The number of hydrogen-bond acceptors (Lipinski definition) is 2. The lowest BCUT2D eigenvalue weighted by atomic mass is 10.1. The third kappa shape index (κ3) is 3.99. The molecule has 5 heteroatoms. The van der Waals surface area contributed by atoms with Crippen LogP contribution in [0.15, 0.2) is 47.4 Å². The van der Waals surface area contributed by atoms with Crippen molar-refractivity contribution >= 4 is 30.1 Å². The Labute approximate surface area is 127 Å². The van der Waals surface area contributed by atoms with Crippen molar-refractivity contribution in [3.8, 4) is 0 Å². The van der Waals surface area contributed by atoms with E-state index in [1.165, 1.54) is 12.1 Å². The van der Waals surface area contributed by atoms with Crippen LogP contribution in [0.4, 0.5) is 4.39 Å². The molecule has 2 aromatic rings. The van der Waals surface area contributed by atoms with Crippen molar-refractivity contribution in [3.05, 3.63) is 64.4 Å². The number of hydrogen-bond donors (Lipinski definition) is 2. The van der Waals surface area contributed by atoms with Gasteiger partial charge in [0.1, 0.15) is 5.82 Å². The SMILES string of the molecule is O=C(NCCc1ccc(F)cc1)c1cc(S)ccc1Cl. The summed E-state index contributed by atoms with van der Waals surface area (Å²) in [6.45, 7) is 0.456. The molecule has 2 rings (SSSR count). The minimum Gasteiger partial charge on any atom is -0.352 e. The van der Waals surface area contributed by atoms with E-state index in [4.69, 9.17) is 11.6 Å². The van der Waals surface area contributed by atoms with Crippen LogP contribution in [-0.2, 0) is 6.42 Å². The molecule has 0 aliphatic heterocycles. The second kappa shape index (κ2) is 6.77.